The number of benzene rings is 2. The molecule has 0 N–H and O–H groups in total. The molecule has 4 nitrogen and oxygen atoms in total. The Morgan fingerprint density at radius 1 is 1.14 bits per heavy atom. The summed E-state index contributed by atoms with van der Waals surface area (Å²) in [6.45, 7) is 9.61. The van der Waals surface area contributed by atoms with E-state index in [0.29, 0.717) is 16.6 Å². The third kappa shape index (κ3) is 4.75. The number of hydrogen-bond acceptors (Lipinski definition) is 4. The first-order chi connectivity index (χ1) is 13.6. The molecule has 1 aromatic heterocycles. The molecule has 29 heavy (non-hydrogen) atoms. The molecule has 0 saturated heterocycles. The van der Waals surface area contributed by atoms with Gasteiger partial charge in [0.25, 0.3) is 0 Å². The van der Waals surface area contributed by atoms with Gasteiger partial charge in [-0.3, -0.25) is 0 Å². The van der Waals surface area contributed by atoms with Crippen LogP contribution in [0.1, 0.15) is 43.2 Å². The summed E-state index contributed by atoms with van der Waals surface area (Å²) < 4.78 is 26.5. The van der Waals surface area contributed by atoms with Crippen molar-refractivity contribution in [1.29, 1.82) is 0 Å². The molecule has 152 valence electrons. The van der Waals surface area contributed by atoms with Gasteiger partial charge in [-0.25, -0.2) is 14.2 Å². The molecular weight excluding hydrogens is 437 g/mol. The number of fused-ring (bicyclic) bond motifs is 1. The second kappa shape index (κ2) is 8.11. The van der Waals surface area contributed by atoms with Crippen molar-refractivity contribution in [2.75, 3.05) is 0 Å². The molecule has 0 radical (unpaired) electrons. The van der Waals surface area contributed by atoms with Gasteiger partial charge in [0.15, 0.2) is 0 Å². The Labute approximate surface area is 178 Å². The Balaban J connectivity index is 1.94. The van der Waals surface area contributed by atoms with Crippen LogP contribution in [0.2, 0.25) is 0 Å². The van der Waals surface area contributed by atoms with Gasteiger partial charge in [-0.1, -0.05) is 48.8 Å². The minimum atomic E-state index is -0.843. The van der Waals surface area contributed by atoms with Crippen molar-refractivity contribution in [3.8, 4) is 5.75 Å². The first-order valence-corrected chi connectivity index (χ1v) is 10.1. The molecule has 0 saturated carbocycles. The Hall–Kier alpha value is -2.47. The third-order valence-corrected chi connectivity index (χ3v) is 5.32. The summed E-state index contributed by atoms with van der Waals surface area (Å²) in [4.78, 5) is 16.7. The van der Waals surface area contributed by atoms with Crippen LogP contribution >= 0.6 is 15.9 Å². The number of halogens is 2. The average molecular weight is 460 g/mol. The Morgan fingerprint density at radius 2 is 1.79 bits per heavy atom. The van der Waals surface area contributed by atoms with Crippen molar-refractivity contribution in [3.05, 3.63) is 69.1 Å². The van der Waals surface area contributed by atoms with E-state index in [1.54, 1.807) is 13.8 Å². The third-order valence-electron chi connectivity index (χ3n) is 4.79. The quantitative estimate of drug-likeness (QED) is 0.405. The Bertz CT molecular complexity index is 1070. The standard InChI is InChI=1S/C23H23BrFNO3/c1-13-14(2)26-20-18(10-16(11-19(20)25)23(3,4)5)21(13)29-22(27)28-12-15-6-8-17(24)9-7-15/h6-11H,12H2,1-5H3. The van der Waals surface area contributed by atoms with Gasteiger partial charge < -0.3 is 9.47 Å². The van der Waals surface area contributed by atoms with Crippen molar-refractivity contribution < 1.29 is 18.7 Å². The number of rotatable bonds is 3. The first kappa shape index (κ1) is 21.2. The van der Waals surface area contributed by atoms with Gasteiger partial charge in [-0.15, -0.1) is 0 Å². The highest BCUT2D eigenvalue weighted by Crippen LogP contribution is 2.35. The largest absolute Gasteiger partial charge is 0.514 e. The summed E-state index contributed by atoms with van der Waals surface area (Å²) in [5.41, 5.74) is 2.79. The lowest BCUT2D eigenvalue weighted by molar-refractivity contribution is 0.0930. The van der Waals surface area contributed by atoms with E-state index in [2.05, 4.69) is 20.9 Å². The van der Waals surface area contributed by atoms with Crippen LogP contribution < -0.4 is 4.74 Å². The van der Waals surface area contributed by atoms with Gasteiger partial charge >= 0.3 is 6.16 Å². The second-order valence-electron chi connectivity index (χ2n) is 8.02. The summed E-state index contributed by atoms with van der Waals surface area (Å²) in [7, 11) is 0. The monoisotopic (exact) mass is 459 g/mol. The van der Waals surface area contributed by atoms with Gasteiger partial charge in [0.05, 0.1) is 0 Å². The fourth-order valence-corrected chi connectivity index (χ4v) is 3.17. The number of carbonyl (C=O) groups is 1. The number of ether oxygens (including phenoxy) is 2. The zero-order valence-electron chi connectivity index (χ0n) is 17.1. The second-order valence-corrected chi connectivity index (χ2v) is 8.94. The molecule has 0 bridgehead atoms. The zero-order valence-corrected chi connectivity index (χ0v) is 18.7. The van der Waals surface area contributed by atoms with E-state index in [0.717, 1.165) is 15.6 Å². The lowest BCUT2D eigenvalue weighted by Crippen LogP contribution is -2.14. The molecule has 0 aliphatic heterocycles. The van der Waals surface area contributed by atoms with Gasteiger partial charge in [-0.2, -0.15) is 0 Å². The number of carbonyl (C=O) groups excluding carboxylic acids is 1. The number of pyridine rings is 1. The van der Waals surface area contributed by atoms with Crippen molar-refractivity contribution in [2.24, 2.45) is 0 Å². The molecule has 6 heteroatoms. The van der Waals surface area contributed by atoms with Crippen LogP contribution in [-0.2, 0) is 16.8 Å². The molecule has 0 aliphatic rings. The smallest absolute Gasteiger partial charge is 0.429 e. The van der Waals surface area contributed by atoms with Crippen LogP contribution in [0, 0.1) is 19.7 Å². The van der Waals surface area contributed by atoms with E-state index in [-0.39, 0.29) is 23.3 Å². The van der Waals surface area contributed by atoms with E-state index in [9.17, 15) is 9.18 Å². The summed E-state index contributed by atoms with van der Waals surface area (Å²) in [6, 6.07) is 10.7. The minimum absolute atomic E-state index is 0.0781. The Morgan fingerprint density at radius 3 is 2.41 bits per heavy atom. The fourth-order valence-electron chi connectivity index (χ4n) is 2.90. The predicted molar refractivity (Wildman–Crippen MR) is 115 cm³/mol. The summed E-state index contributed by atoms with van der Waals surface area (Å²) >= 11 is 3.36. The van der Waals surface area contributed by atoms with Crippen molar-refractivity contribution in [1.82, 2.24) is 4.98 Å². The van der Waals surface area contributed by atoms with Crippen LogP contribution in [0.4, 0.5) is 9.18 Å². The molecule has 3 rings (SSSR count). The molecule has 2 aromatic carbocycles. The van der Waals surface area contributed by atoms with Gasteiger partial charge in [-0.05, 0) is 54.7 Å². The molecule has 0 atom stereocenters. The van der Waals surface area contributed by atoms with E-state index in [1.807, 2.05) is 51.1 Å². The van der Waals surface area contributed by atoms with Crippen LogP contribution in [0.5, 0.6) is 5.75 Å². The van der Waals surface area contributed by atoms with Gasteiger partial charge in [0, 0.05) is 21.1 Å². The maximum atomic E-state index is 14.8. The normalized spacial score (nSPS) is 11.6. The van der Waals surface area contributed by atoms with Crippen molar-refractivity contribution in [2.45, 2.75) is 46.6 Å². The van der Waals surface area contributed by atoms with Crippen LogP contribution in [0.3, 0.4) is 0 Å². The zero-order chi connectivity index (χ0) is 21.3. The van der Waals surface area contributed by atoms with Crippen LogP contribution in [0.25, 0.3) is 10.9 Å². The van der Waals surface area contributed by atoms with Gasteiger partial charge in [0.1, 0.15) is 23.7 Å². The highest BCUT2D eigenvalue weighted by molar-refractivity contribution is 9.10. The molecule has 1 heterocycles. The lowest BCUT2D eigenvalue weighted by atomic mass is 9.86. The van der Waals surface area contributed by atoms with E-state index in [4.69, 9.17) is 9.47 Å². The summed E-state index contributed by atoms with van der Waals surface area (Å²) in [6.07, 6.45) is -0.843. The maximum absolute atomic E-state index is 14.8. The minimum Gasteiger partial charge on any atom is -0.429 e. The molecule has 0 amide bonds. The molecule has 0 spiro atoms. The van der Waals surface area contributed by atoms with Crippen LogP contribution in [-0.4, -0.2) is 11.1 Å². The van der Waals surface area contributed by atoms with Crippen molar-refractivity contribution in [3.63, 3.8) is 0 Å². The molecule has 0 unspecified atom stereocenters. The van der Waals surface area contributed by atoms with Crippen LogP contribution in [0.15, 0.2) is 40.9 Å². The van der Waals surface area contributed by atoms with E-state index < -0.39 is 12.0 Å². The van der Waals surface area contributed by atoms with E-state index >= 15 is 0 Å². The van der Waals surface area contributed by atoms with Gasteiger partial charge in [0.2, 0.25) is 0 Å². The Kier molecular flexibility index (Phi) is 5.94. The fraction of sp³-hybridized carbons (Fsp3) is 0.304. The van der Waals surface area contributed by atoms with Crippen molar-refractivity contribution >= 4 is 33.0 Å². The summed E-state index contributed by atoms with van der Waals surface area (Å²) in [5.74, 6) is -0.165. The highest BCUT2D eigenvalue weighted by Gasteiger charge is 2.22. The number of nitrogens with zero attached hydrogens (tertiary/aromatic N) is 1. The van der Waals surface area contributed by atoms with E-state index in [1.165, 1.54) is 6.07 Å². The molecule has 3 aromatic rings. The predicted octanol–water partition coefficient (Wildman–Crippen LogP) is 6.77. The first-order valence-electron chi connectivity index (χ1n) is 9.26. The highest BCUT2D eigenvalue weighted by atomic mass is 79.9. The molecule has 0 aliphatic carbocycles. The molecule has 0 fully saturated rings. The average Bonchev–Trinajstić information content (AvgIpc) is 2.65. The molecular formula is C23H23BrFNO3. The number of aromatic nitrogens is 1. The lowest BCUT2D eigenvalue weighted by Gasteiger charge is -2.21. The summed E-state index contributed by atoms with van der Waals surface area (Å²) in [5, 5.41) is 0.457. The topological polar surface area (TPSA) is 48.4 Å². The number of aryl methyl sites for hydroxylation is 1. The maximum Gasteiger partial charge on any atom is 0.514 e. The SMILES string of the molecule is Cc1nc2c(F)cc(C(C)(C)C)cc2c(OC(=O)OCc2ccc(Br)cc2)c1C. The number of hydrogen-bond donors (Lipinski definition) is 0.